The molecule has 0 saturated carbocycles. The first kappa shape index (κ1) is 18.9. The molecule has 0 amide bonds. The molecule has 0 aromatic rings. The summed E-state index contributed by atoms with van der Waals surface area (Å²) >= 11 is 4.76. The zero-order valence-electron chi connectivity index (χ0n) is 11.1. The first-order valence-corrected chi connectivity index (χ1v) is 7.05. The zero-order valence-corrected chi connectivity index (χ0v) is 11.8. The third kappa shape index (κ3) is 25.6. The van der Waals surface area contributed by atoms with Gasteiger partial charge in [0.05, 0.1) is 0 Å². The average Bonchev–Trinajstić information content (AvgIpc) is 2.27. The molecule has 0 aromatic heterocycles. The van der Waals surface area contributed by atoms with Gasteiger partial charge >= 0.3 is 5.97 Å². The number of hydrogen-bond acceptors (Lipinski definition) is 1. The van der Waals surface area contributed by atoms with E-state index in [-0.39, 0.29) is 0 Å². The minimum absolute atomic E-state index is 0.343. The van der Waals surface area contributed by atoms with Crippen LogP contribution in [0.2, 0.25) is 0 Å². The van der Waals surface area contributed by atoms with Gasteiger partial charge in [0, 0.05) is 6.42 Å². The molecular weight excluding hydrogens is 236 g/mol. The molecule has 0 rings (SSSR count). The summed E-state index contributed by atoms with van der Waals surface area (Å²) in [5.74, 6) is -0.659. The van der Waals surface area contributed by atoms with Crippen LogP contribution in [0.4, 0.5) is 0 Å². The lowest BCUT2D eigenvalue weighted by atomic mass is 10.1. The molecule has 0 aliphatic rings. The number of aliphatic carboxylic acids is 1. The van der Waals surface area contributed by atoms with Crippen molar-refractivity contribution < 1.29 is 9.90 Å². The van der Waals surface area contributed by atoms with Crippen molar-refractivity contribution in [2.45, 2.75) is 71.1 Å². The third-order valence-electron chi connectivity index (χ3n) is 2.49. The van der Waals surface area contributed by atoms with Crippen LogP contribution in [-0.2, 0) is 4.79 Å². The van der Waals surface area contributed by atoms with Crippen molar-refractivity contribution >= 4 is 17.6 Å². The molecule has 0 saturated heterocycles. The minimum atomic E-state index is -0.659. The normalized spacial score (nSPS) is 9.29. The Morgan fingerprint density at radius 3 is 1.76 bits per heavy atom. The molecular formula is C14H27ClO2. The summed E-state index contributed by atoms with van der Waals surface area (Å²) in [4.78, 5) is 10.2. The van der Waals surface area contributed by atoms with E-state index in [1.807, 2.05) is 0 Å². The van der Waals surface area contributed by atoms with E-state index in [9.17, 15) is 4.79 Å². The van der Waals surface area contributed by atoms with Gasteiger partial charge in [0.15, 0.2) is 0 Å². The molecule has 102 valence electrons. The highest BCUT2D eigenvalue weighted by Gasteiger charge is 1.96. The van der Waals surface area contributed by atoms with Crippen LogP contribution < -0.4 is 0 Å². The Hall–Kier alpha value is -0.500. The predicted molar refractivity (Wildman–Crippen MR) is 75.5 cm³/mol. The Kier molecular flexibility index (Phi) is 19.8. The van der Waals surface area contributed by atoms with Crippen LogP contribution in [0.25, 0.3) is 0 Å². The molecule has 0 aliphatic heterocycles. The van der Waals surface area contributed by atoms with Crippen LogP contribution in [0.15, 0.2) is 12.1 Å². The van der Waals surface area contributed by atoms with Gasteiger partial charge in [-0.25, -0.2) is 0 Å². The van der Waals surface area contributed by atoms with Crippen molar-refractivity contribution in [1.82, 2.24) is 0 Å². The first-order chi connectivity index (χ1) is 8.18. The molecule has 0 aliphatic carbocycles. The van der Waals surface area contributed by atoms with Crippen molar-refractivity contribution in [3.63, 3.8) is 0 Å². The molecule has 0 unspecified atom stereocenters. The van der Waals surface area contributed by atoms with Gasteiger partial charge in [0.2, 0.25) is 0 Å². The van der Waals surface area contributed by atoms with Gasteiger partial charge in [0.1, 0.15) is 0 Å². The molecule has 0 atom stereocenters. The molecule has 0 spiro atoms. The second-order valence-corrected chi connectivity index (χ2v) is 4.44. The van der Waals surface area contributed by atoms with E-state index in [2.05, 4.69) is 13.5 Å². The lowest BCUT2D eigenvalue weighted by Gasteiger charge is -2.00. The van der Waals surface area contributed by atoms with Crippen LogP contribution >= 0.6 is 11.6 Å². The van der Waals surface area contributed by atoms with Crippen molar-refractivity contribution in [2.75, 3.05) is 0 Å². The highest BCUT2D eigenvalue weighted by atomic mass is 35.5. The third-order valence-corrected chi connectivity index (χ3v) is 2.49. The van der Waals surface area contributed by atoms with E-state index in [1.165, 1.54) is 50.5 Å². The zero-order chi connectivity index (χ0) is 13.4. The van der Waals surface area contributed by atoms with Gasteiger partial charge in [-0.05, 0) is 12.0 Å². The average molecular weight is 263 g/mol. The number of rotatable bonds is 10. The molecule has 0 aromatic carbocycles. The van der Waals surface area contributed by atoms with E-state index in [4.69, 9.17) is 16.7 Å². The summed E-state index contributed by atoms with van der Waals surface area (Å²) in [6, 6.07) is 0. The lowest BCUT2D eigenvalue weighted by Crippen LogP contribution is -1.93. The maximum Gasteiger partial charge on any atom is 0.303 e. The molecule has 1 N–H and O–H groups in total. The number of carboxylic acids is 1. The van der Waals surface area contributed by atoms with Crippen LogP contribution in [-0.4, -0.2) is 11.1 Å². The number of carbonyl (C=O) groups is 1. The summed E-state index contributed by atoms with van der Waals surface area (Å²) in [5, 5.41) is 8.41. The second-order valence-electron chi connectivity index (χ2n) is 4.13. The smallest absolute Gasteiger partial charge is 0.303 e. The predicted octanol–water partition coefficient (Wildman–Crippen LogP) is 5.36. The van der Waals surface area contributed by atoms with Gasteiger partial charge in [-0.3, -0.25) is 4.79 Å². The maximum atomic E-state index is 10.2. The number of carboxylic acid groups (broad SMARTS) is 1. The lowest BCUT2D eigenvalue weighted by molar-refractivity contribution is -0.137. The Morgan fingerprint density at radius 1 is 1.06 bits per heavy atom. The maximum absolute atomic E-state index is 10.2. The van der Waals surface area contributed by atoms with Gasteiger partial charge < -0.3 is 5.11 Å². The molecule has 0 bridgehead atoms. The van der Waals surface area contributed by atoms with Crippen LogP contribution in [0.3, 0.4) is 0 Å². The molecule has 0 radical (unpaired) electrons. The summed E-state index contributed by atoms with van der Waals surface area (Å²) in [5.41, 5.74) is 1.22. The van der Waals surface area contributed by atoms with Crippen molar-refractivity contribution in [1.29, 1.82) is 0 Å². The van der Waals surface area contributed by atoms with E-state index >= 15 is 0 Å². The van der Waals surface area contributed by atoms with Gasteiger partial charge in [-0.2, -0.15) is 0 Å². The van der Waals surface area contributed by atoms with Crippen LogP contribution in [0.1, 0.15) is 71.1 Å². The van der Waals surface area contributed by atoms with E-state index < -0.39 is 5.97 Å². The summed E-state index contributed by atoms with van der Waals surface area (Å²) < 4.78 is 0. The van der Waals surface area contributed by atoms with E-state index in [0.717, 1.165) is 12.8 Å². The number of halogens is 1. The minimum Gasteiger partial charge on any atom is -0.481 e. The van der Waals surface area contributed by atoms with Crippen molar-refractivity contribution in [3.05, 3.63) is 12.1 Å². The van der Waals surface area contributed by atoms with E-state index in [1.54, 1.807) is 0 Å². The van der Waals surface area contributed by atoms with Crippen LogP contribution in [0, 0.1) is 0 Å². The topological polar surface area (TPSA) is 37.3 Å². The number of hydrogen-bond donors (Lipinski definition) is 1. The molecule has 2 nitrogen and oxygen atoms in total. The highest BCUT2D eigenvalue weighted by molar-refractivity contribution is 6.25. The molecule has 0 heterocycles. The van der Waals surface area contributed by atoms with Crippen molar-refractivity contribution in [3.8, 4) is 0 Å². The largest absolute Gasteiger partial charge is 0.481 e. The summed E-state index contributed by atoms with van der Waals surface area (Å²) in [6.07, 6.45) is 11.5. The van der Waals surface area contributed by atoms with Gasteiger partial charge in [-0.15, -0.1) is 0 Å². The Bertz CT molecular complexity index is 170. The second kappa shape index (κ2) is 17.9. The van der Waals surface area contributed by atoms with Crippen LogP contribution in [0.5, 0.6) is 0 Å². The van der Waals surface area contributed by atoms with Gasteiger partial charge in [0.25, 0.3) is 0 Å². The fraction of sp³-hybridized carbons (Fsp3) is 0.786. The van der Waals surface area contributed by atoms with Gasteiger partial charge in [-0.1, -0.05) is 76.5 Å². The number of unbranched alkanes of at least 4 members (excludes halogenated alkanes) is 8. The monoisotopic (exact) mass is 262 g/mol. The molecule has 0 fully saturated rings. The quantitative estimate of drug-likeness (QED) is 0.538. The van der Waals surface area contributed by atoms with Crippen molar-refractivity contribution in [2.24, 2.45) is 0 Å². The highest BCUT2D eigenvalue weighted by Crippen LogP contribution is 2.10. The summed E-state index contributed by atoms with van der Waals surface area (Å²) in [7, 11) is 0. The molecule has 17 heavy (non-hydrogen) atoms. The Labute approximate surface area is 111 Å². The SMILES string of the molecule is C=CCl.CCCCCCCCCCCC(=O)O. The molecule has 3 heteroatoms. The standard InChI is InChI=1S/C12H24O2.C2H3Cl/c1-2-3-4-5-6-7-8-9-10-11-12(13)14;1-2-3/h2-11H2,1H3,(H,13,14);2H,1H2. The fourth-order valence-electron chi connectivity index (χ4n) is 1.59. The summed E-state index contributed by atoms with van der Waals surface area (Å²) in [6.45, 7) is 5.35. The van der Waals surface area contributed by atoms with E-state index in [0.29, 0.717) is 6.42 Å². The fourth-order valence-corrected chi connectivity index (χ4v) is 1.59. The first-order valence-electron chi connectivity index (χ1n) is 6.61. The Morgan fingerprint density at radius 2 is 1.41 bits per heavy atom. The Balaban J connectivity index is 0.